The van der Waals surface area contributed by atoms with Crippen LogP contribution in [0.25, 0.3) is 0 Å². The molecule has 23 heavy (non-hydrogen) atoms. The highest BCUT2D eigenvalue weighted by molar-refractivity contribution is 5.86. The second-order valence-corrected chi connectivity index (χ2v) is 5.52. The van der Waals surface area contributed by atoms with E-state index in [9.17, 15) is 14.9 Å². The molecule has 0 spiro atoms. The highest BCUT2D eigenvalue weighted by atomic mass is 16.6. The molecule has 0 atom stereocenters. The molecule has 1 N–H and O–H groups in total. The molecule has 0 heterocycles. The van der Waals surface area contributed by atoms with Crippen molar-refractivity contribution in [3.05, 3.63) is 34.4 Å². The van der Waals surface area contributed by atoms with Gasteiger partial charge in [-0.25, -0.2) is 5.43 Å². The maximum absolute atomic E-state index is 11.7. The van der Waals surface area contributed by atoms with Crippen molar-refractivity contribution < 1.29 is 14.5 Å². The van der Waals surface area contributed by atoms with Gasteiger partial charge in [0, 0.05) is 17.8 Å². The van der Waals surface area contributed by atoms with Crippen LogP contribution in [0.15, 0.2) is 29.4 Å². The third-order valence-electron chi connectivity index (χ3n) is 3.69. The van der Waals surface area contributed by atoms with Gasteiger partial charge in [0.15, 0.2) is 6.61 Å². The molecule has 0 bridgehead atoms. The van der Waals surface area contributed by atoms with E-state index in [0.29, 0.717) is 5.75 Å². The Balaban J connectivity index is 1.76. The molecule has 7 nitrogen and oxygen atoms in total. The van der Waals surface area contributed by atoms with Crippen molar-refractivity contribution in [2.24, 2.45) is 5.10 Å². The van der Waals surface area contributed by atoms with E-state index in [0.717, 1.165) is 31.4 Å². The largest absolute Gasteiger partial charge is 0.484 e. The molecule has 0 aliphatic heterocycles. The van der Waals surface area contributed by atoms with Crippen LogP contribution in [-0.4, -0.2) is 23.1 Å². The number of nitro benzene ring substituents is 1. The molecule has 1 saturated carbocycles. The monoisotopic (exact) mass is 319 g/mol. The molecule has 1 fully saturated rings. The van der Waals surface area contributed by atoms with Gasteiger partial charge in [-0.05, 0) is 37.8 Å². The Morgan fingerprint density at radius 1 is 1.13 bits per heavy atom. The normalized spacial score (nSPS) is 15.2. The van der Waals surface area contributed by atoms with Crippen LogP contribution >= 0.6 is 0 Å². The highest BCUT2D eigenvalue weighted by Crippen LogP contribution is 2.17. The first-order valence-electron chi connectivity index (χ1n) is 7.86. The summed E-state index contributed by atoms with van der Waals surface area (Å²) in [5, 5.41) is 14.7. The summed E-state index contributed by atoms with van der Waals surface area (Å²) in [6.07, 6.45) is 7.82. The Labute approximate surface area is 134 Å². The van der Waals surface area contributed by atoms with E-state index in [1.54, 1.807) is 0 Å². The van der Waals surface area contributed by atoms with Gasteiger partial charge in [0.2, 0.25) is 0 Å². The number of hydrazone groups is 1. The van der Waals surface area contributed by atoms with Gasteiger partial charge in [0.05, 0.1) is 4.92 Å². The van der Waals surface area contributed by atoms with Crippen molar-refractivity contribution in [1.82, 2.24) is 5.43 Å². The van der Waals surface area contributed by atoms with Gasteiger partial charge in [-0.15, -0.1) is 0 Å². The van der Waals surface area contributed by atoms with Gasteiger partial charge in [0.25, 0.3) is 11.6 Å². The predicted molar refractivity (Wildman–Crippen MR) is 86.5 cm³/mol. The Morgan fingerprint density at radius 3 is 2.35 bits per heavy atom. The zero-order valence-corrected chi connectivity index (χ0v) is 13.0. The summed E-state index contributed by atoms with van der Waals surface area (Å²) in [4.78, 5) is 21.8. The smallest absolute Gasteiger partial charge is 0.277 e. The van der Waals surface area contributed by atoms with Gasteiger partial charge in [-0.2, -0.15) is 5.10 Å². The van der Waals surface area contributed by atoms with Crippen LogP contribution in [0.2, 0.25) is 0 Å². The number of nitrogens with zero attached hydrogens (tertiary/aromatic N) is 2. The van der Waals surface area contributed by atoms with E-state index in [4.69, 9.17) is 4.74 Å². The first-order valence-corrected chi connectivity index (χ1v) is 7.86. The van der Waals surface area contributed by atoms with Crippen molar-refractivity contribution in [3.8, 4) is 5.75 Å². The molecule has 0 saturated heterocycles. The lowest BCUT2D eigenvalue weighted by molar-refractivity contribution is -0.384. The topological polar surface area (TPSA) is 93.8 Å². The second-order valence-electron chi connectivity index (χ2n) is 5.52. The minimum atomic E-state index is -0.485. The lowest BCUT2D eigenvalue weighted by Crippen LogP contribution is -2.26. The molecule has 1 aliphatic rings. The maximum atomic E-state index is 11.7. The number of carbonyl (C=O) groups is 1. The van der Waals surface area contributed by atoms with Gasteiger partial charge in [0.1, 0.15) is 5.75 Å². The lowest BCUT2D eigenvalue weighted by atomic mass is 9.99. The first-order chi connectivity index (χ1) is 11.1. The molecule has 1 aliphatic carbocycles. The van der Waals surface area contributed by atoms with Crippen molar-refractivity contribution in [1.29, 1.82) is 0 Å². The molecule has 1 amide bonds. The number of nitro groups is 1. The Hall–Kier alpha value is -2.44. The maximum Gasteiger partial charge on any atom is 0.277 e. The molecule has 0 radical (unpaired) electrons. The van der Waals surface area contributed by atoms with E-state index in [1.807, 2.05) is 0 Å². The average molecular weight is 319 g/mol. The van der Waals surface area contributed by atoms with Crippen LogP contribution < -0.4 is 10.2 Å². The van der Waals surface area contributed by atoms with Crippen LogP contribution in [-0.2, 0) is 4.79 Å². The standard InChI is InChI=1S/C16H21N3O4/c20-16(18-17-13-6-4-2-1-3-5-7-13)12-23-15-10-8-14(9-11-15)19(21)22/h8-11H,1-7,12H2,(H,18,20). The number of nitrogens with one attached hydrogen (secondary N) is 1. The van der Waals surface area contributed by atoms with Crippen molar-refractivity contribution in [2.75, 3.05) is 6.61 Å². The fourth-order valence-corrected chi connectivity index (χ4v) is 2.41. The van der Waals surface area contributed by atoms with Crippen molar-refractivity contribution >= 4 is 17.3 Å². The van der Waals surface area contributed by atoms with E-state index in [1.165, 1.54) is 43.5 Å². The summed E-state index contributed by atoms with van der Waals surface area (Å²) in [7, 11) is 0. The second kappa shape index (κ2) is 8.87. The number of hydrogen-bond donors (Lipinski definition) is 1. The lowest BCUT2D eigenvalue weighted by Gasteiger charge is -2.11. The summed E-state index contributed by atoms with van der Waals surface area (Å²) >= 11 is 0. The molecule has 1 aromatic rings. The van der Waals surface area contributed by atoms with Crippen molar-refractivity contribution in [3.63, 3.8) is 0 Å². The van der Waals surface area contributed by atoms with E-state index in [-0.39, 0.29) is 18.2 Å². The fraction of sp³-hybridized carbons (Fsp3) is 0.500. The molecule has 1 aromatic carbocycles. The van der Waals surface area contributed by atoms with Crippen molar-refractivity contribution in [2.45, 2.75) is 44.9 Å². The average Bonchev–Trinajstić information content (AvgIpc) is 2.52. The molecule has 0 unspecified atom stereocenters. The number of benzene rings is 1. The molecular weight excluding hydrogens is 298 g/mol. The zero-order valence-electron chi connectivity index (χ0n) is 13.0. The van der Waals surface area contributed by atoms with Gasteiger partial charge < -0.3 is 4.74 Å². The molecule has 7 heteroatoms. The van der Waals surface area contributed by atoms with Crippen LogP contribution in [0.1, 0.15) is 44.9 Å². The molecular formula is C16H21N3O4. The quantitative estimate of drug-likeness (QED) is 0.666. The number of ether oxygens (including phenoxy) is 1. The van der Waals surface area contributed by atoms with Crippen LogP contribution in [0.5, 0.6) is 5.75 Å². The number of hydrogen-bond acceptors (Lipinski definition) is 5. The Morgan fingerprint density at radius 2 is 1.74 bits per heavy atom. The van der Waals surface area contributed by atoms with Gasteiger partial charge in [-0.1, -0.05) is 19.3 Å². The molecule has 0 aromatic heterocycles. The number of non-ortho nitro benzene ring substituents is 1. The van der Waals surface area contributed by atoms with Crippen LogP contribution in [0.3, 0.4) is 0 Å². The summed E-state index contributed by atoms with van der Waals surface area (Å²) in [6.45, 7) is -0.172. The third-order valence-corrected chi connectivity index (χ3v) is 3.69. The summed E-state index contributed by atoms with van der Waals surface area (Å²) in [5.74, 6) is 0.0715. The zero-order chi connectivity index (χ0) is 16.5. The molecule has 124 valence electrons. The minimum absolute atomic E-state index is 0.0162. The fourth-order valence-electron chi connectivity index (χ4n) is 2.41. The summed E-state index contributed by atoms with van der Waals surface area (Å²) in [5.41, 5.74) is 3.54. The van der Waals surface area contributed by atoms with E-state index in [2.05, 4.69) is 10.5 Å². The number of amides is 1. The minimum Gasteiger partial charge on any atom is -0.484 e. The van der Waals surface area contributed by atoms with Gasteiger partial charge in [-0.3, -0.25) is 14.9 Å². The number of rotatable bonds is 5. The van der Waals surface area contributed by atoms with E-state index < -0.39 is 4.92 Å². The predicted octanol–water partition coefficient (Wildman–Crippen LogP) is 3.19. The molecule has 2 rings (SSSR count). The van der Waals surface area contributed by atoms with Crippen LogP contribution in [0, 0.1) is 10.1 Å². The van der Waals surface area contributed by atoms with Crippen LogP contribution in [0.4, 0.5) is 5.69 Å². The summed E-state index contributed by atoms with van der Waals surface area (Å²) in [6, 6.07) is 5.60. The van der Waals surface area contributed by atoms with Gasteiger partial charge >= 0.3 is 0 Å². The Bertz CT molecular complexity index is 559. The first kappa shape index (κ1) is 16.9. The third kappa shape index (κ3) is 6.06. The number of carbonyl (C=O) groups excluding carboxylic acids is 1. The highest BCUT2D eigenvalue weighted by Gasteiger charge is 2.08. The summed E-state index contributed by atoms with van der Waals surface area (Å²) < 4.78 is 5.28. The SMILES string of the molecule is O=C(COc1ccc([N+](=O)[O-])cc1)NN=C1CCCCCCC1. The van der Waals surface area contributed by atoms with E-state index >= 15 is 0 Å². The Kier molecular flexibility index (Phi) is 6.53.